The number of carboxylic acid groups (broad SMARTS) is 1. The second-order valence-electron chi connectivity index (χ2n) is 19.8. The average Bonchev–Trinajstić information content (AvgIpc) is 3.30. The van der Waals surface area contributed by atoms with Crippen LogP contribution >= 0.6 is 11.6 Å². The molecule has 16 heteroatoms. The molecule has 1 unspecified atom stereocenters. The first-order valence-electron chi connectivity index (χ1n) is 23.8. The van der Waals surface area contributed by atoms with Crippen LogP contribution in [-0.4, -0.2) is 93.6 Å². The number of aliphatic hydroxyl groups excluding tert-OH is 1. The summed E-state index contributed by atoms with van der Waals surface area (Å²) in [6.07, 6.45) is -3.58. The van der Waals surface area contributed by atoms with E-state index in [1.807, 2.05) is 62.4 Å². The molecule has 5 rings (SSSR count). The summed E-state index contributed by atoms with van der Waals surface area (Å²) in [6, 6.07) is 22.5. The Kier molecular flexibility index (Phi) is 18.6. The first-order chi connectivity index (χ1) is 33.3. The molecule has 1 aliphatic heterocycles. The van der Waals surface area contributed by atoms with E-state index >= 15 is 0 Å². The Morgan fingerprint density at radius 3 is 2.06 bits per heavy atom. The normalized spacial score (nSPS) is 17.7. The maximum Gasteiger partial charge on any atom is 0.407 e. The molecule has 6 atom stereocenters. The number of carbonyl (C=O) groups excluding carboxylic acids is 6. The number of aliphatic carboxylic acids is 1. The van der Waals surface area contributed by atoms with E-state index in [-0.39, 0.29) is 31.6 Å². The maximum absolute atomic E-state index is 15.0. The highest BCUT2D eigenvalue weighted by Gasteiger charge is 2.50. The van der Waals surface area contributed by atoms with E-state index in [1.165, 1.54) is 18.9 Å². The minimum Gasteiger partial charge on any atom is -0.477 e. The van der Waals surface area contributed by atoms with Crippen LogP contribution in [0.15, 0.2) is 84.9 Å². The van der Waals surface area contributed by atoms with Crippen LogP contribution in [0.3, 0.4) is 0 Å². The Labute approximate surface area is 418 Å². The highest BCUT2D eigenvalue weighted by molar-refractivity contribution is 6.30. The van der Waals surface area contributed by atoms with Gasteiger partial charge >= 0.3 is 18.0 Å². The lowest BCUT2D eigenvalue weighted by molar-refractivity contribution is -0.187. The summed E-state index contributed by atoms with van der Waals surface area (Å²) in [4.78, 5) is 96.6. The number of hydrogen-bond acceptors (Lipinski definition) is 9. The molecule has 4 bridgehead atoms. The number of ketones is 3. The summed E-state index contributed by atoms with van der Waals surface area (Å²) >= 11 is 6.09. The summed E-state index contributed by atoms with van der Waals surface area (Å²) in [5.41, 5.74) is 5.57. The van der Waals surface area contributed by atoms with Gasteiger partial charge in [0.15, 0.2) is 17.3 Å². The van der Waals surface area contributed by atoms with Crippen LogP contribution in [0.4, 0.5) is 13.6 Å². The number of nitrogens with zero attached hydrogens (tertiary/aromatic N) is 1. The third-order valence-electron chi connectivity index (χ3n) is 12.8. The van der Waals surface area contributed by atoms with Crippen molar-refractivity contribution in [3.8, 4) is 22.3 Å². The topological polar surface area (TPSA) is 196 Å². The molecule has 0 fully saturated rings. The van der Waals surface area contributed by atoms with Crippen LogP contribution in [0, 0.1) is 31.6 Å². The summed E-state index contributed by atoms with van der Waals surface area (Å²) in [5, 5.41) is 25.3. The Balaban J connectivity index is 1.48. The van der Waals surface area contributed by atoms with Gasteiger partial charge in [-0.05, 0) is 123 Å². The number of benzene rings is 4. The van der Waals surface area contributed by atoms with E-state index in [0.717, 1.165) is 40.3 Å². The fourth-order valence-corrected chi connectivity index (χ4v) is 8.87. The summed E-state index contributed by atoms with van der Waals surface area (Å²) < 4.78 is 34.0. The quantitative estimate of drug-likeness (QED) is 0.0584. The molecule has 0 saturated heterocycles. The number of fused-ring (bicyclic) bond motifs is 5. The van der Waals surface area contributed by atoms with Gasteiger partial charge in [0, 0.05) is 55.3 Å². The number of unbranched alkanes of at least 4 members (excludes halogenated alkanes) is 1. The molecule has 1 heterocycles. The predicted octanol–water partition coefficient (Wildman–Crippen LogP) is 9.69. The molecule has 4 aromatic carbocycles. The Bertz CT molecular complexity index is 2610. The third kappa shape index (κ3) is 14.6. The lowest BCUT2D eigenvalue weighted by atomic mass is 9.85. The first-order valence-corrected chi connectivity index (χ1v) is 24.1. The molecule has 0 aromatic heterocycles. The molecule has 3 amide bonds. The summed E-state index contributed by atoms with van der Waals surface area (Å²) in [5.74, 6) is -13.3. The number of aryl methyl sites for hydroxylation is 2. The first kappa shape index (κ1) is 55.6. The van der Waals surface area contributed by atoms with E-state index in [0.29, 0.717) is 34.6 Å². The van der Waals surface area contributed by atoms with Gasteiger partial charge in [0.1, 0.15) is 17.7 Å². The number of aliphatic hydroxyl groups is 1. The number of alkyl carbamates (subject to hydrolysis) is 1. The summed E-state index contributed by atoms with van der Waals surface area (Å²) in [6.45, 7) is 11.9. The van der Waals surface area contributed by atoms with Crippen molar-refractivity contribution in [2.45, 2.75) is 123 Å². The molecule has 1 aliphatic rings. The molecule has 0 saturated carbocycles. The van der Waals surface area contributed by atoms with Crippen molar-refractivity contribution in [1.29, 1.82) is 0 Å². The Morgan fingerprint density at radius 2 is 1.45 bits per heavy atom. The van der Waals surface area contributed by atoms with Crippen molar-refractivity contribution in [1.82, 2.24) is 15.5 Å². The number of ether oxygens (including phenoxy) is 1. The highest BCUT2D eigenvalue weighted by atomic mass is 35.5. The Morgan fingerprint density at radius 1 is 0.859 bits per heavy atom. The molecule has 0 spiro atoms. The standard InChI is InChI=1S/C55H64ClF2N3O10/c1-31-12-14-35-27-42(31)43-29-39(15-13-32(43)2)48(47(64)26-34(4)50(66)60-44(28-35)46(63)25-33(3)49(65)55(57,58)52(68)69)61(8)51(67)40(11-9-10-24-59-53(70)71-54(5,6)7)30-45(62)38-18-16-36(17-19-38)37-20-22-41(56)23-21-37/h12-23,27,29,33-34,40,44,48-49,65H,9-11,24-26,28,30H2,1-8H3,(H,59,70)(H,60,66)(H,68,69)/t33-,34-,40-,44+,48+,49?/m1/s1. The van der Waals surface area contributed by atoms with Gasteiger partial charge in [0.05, 0.1) is 6.04 Å². The highest BCUT2D eigenvalue weighted by Crippen LogP contribution is 2.35. The van der Waals surface area contributed by atoms with Gasteiger partial charge in [-0.25, -0.2) is 9.59 Å². The van der Waals surface area contributed by atoms with E-state index in [4.69, 9.17) is 21.4 Å². The molecule has 0 aliphatic carbocycles. The number of alkyl halides is 2. The molecule has 71 heavy (non-hydrogen) atoms. The minimum atomic E-state index is -4.54. The fourth-order valence-electron chi connectivity index (χ4n) is 8.75. The molecule has 380 valence electrons. The van der Waals surface area contributed by atoms with Crippen LogP contribution in [0.5, 0.6) is 0 Å². The lowest BCUT2D eigenvalue weighted by Gasteiger charge is -2.32. The van der Waals surface area contributed by atoms with Crippen LogP contribution in [-0.2, 0) is 35.1 Å². The van der Waals surface area contributed by atoms with Crippen molar-refractivity contribution in [2.75, 3.05) is 13.6 Å². The van der Waals surface area contributed by atoms with E-state index in [2.05, 4.69) is 10.6 Å². The lowest BCUT2D eigenvalue weighted by Crippen LogP contribution is -2.48. The van der Waals surface area contributed by atoms with Gasteiger partial charge in [-0.1, -0.05) is 98.6 Å². The van der Waals surface area contributed by atoms with Gasteiger partial charge in [-0.3, -0.25) is 24.0 Å². The van der Waals surface area contributed by atoms with E-state index < -0.39 is 95.7 Å². The molecule has 4 N–H and O–H groups in total. The van der Waals surface area contributed by atoms with Gasteiger partial charge in [0.2, 0.25) is 11.8 Å². The van der Waals surface area contributed by atoms with Crippen molar-refractivity contribution in [3.05, 3.63) is 118 Å². The zero-order chi connectivity index (χ0) is 52.5. The number of nitrogens with one attached hydrogen (secondary N) is 2. The molecule has 0 radical (unpaired) electrons. The molecule has 4 aromatic rings. The van der Waals surface area contributed by atoms with Crippen molar-refractivity contribution in [2.24, 2.45) is 17.8 Å². The summed E-state index contributed by atoms with van der Waals surface area (Å²) in [7, 11) is 1.49. The number of Topliss-reactive ketones (excluding diaryl/α,β-unsaturated/α-hetero) is 3. The number of carbonyl (C=O) groups is 7. The van der Waals surface area contributed by atoms with Gasteiger partial charge in [-0.2, -0.15) is 8.78 Å². The number of likely N-dealkylation sites (N-methyl/N-ethyl adjacent to an activating group) is 1. The number of hydrogen-bond donors (Lipinski definition) is 4. The number of carboxylic acids is 1. The monoisotopic (exact) mass is 999 g/mol. The van der Waals surface area contributed by atoms with Crippen molar-refractivity contribution >= 4 is 52.8 Å². The average molecular weight is 1000 g/mol. The van der Waals surface area contributed by atoms with Crippen molar-refractivity contribution in [3.63, 3.8) is 0 Å². The zero-order valence-electron chi connectivity index (χ0n) is 41.4. The second kappa shape index (κ2) is 23.7. The SMILES string of the molecule is Cc1ccc2cc1-c1cc(ccc1C)[C@H](N(C)C(=O)[C@H](CCCCNC(=O)OC(C)(C)C)CC(=O)c1ccc(-c3ccc(Cl)cc3)cc1)C(=O)C[C@@H](C)C(=O)N[C@H](C(=O)C[C@@H](C)C(O)C(F)(F)C(=O)O)C2. The number of amides is 3. The van der Waals surface area contributed by atoms with Crippen LogP contribution < -0.4 is 10.6 Å². The van der Waals surface area contributed by atoms with Gasteiger partial charge < -0.3 is 30.5 Å². The van der Waals surface area contributed by atoms with Gasteiger partial charge in [-0.15, -0.1) is 0 Å². The van der Waals surface area contributed by atoms with Gasteiger partial charge in [0.25, 0.3) is 0 Å². The zero-order valence-corrected chi connectivity index (χ0v) is 42.2. The molecular weight excluding hydrogens is 936 g/mol. The second-order valence-corrected chi connectivity index (χ2v) is 20.2. The van der Waals surface area contributed by atoms with E-state index in [1.54, 1.807) is 57.2 Å². The Hall–Kier alpha value is -6.32. The molecule has 13 nitrogen and oxygen atoms in total. The largest absolute Gasteiger partial charge is 0.477 e. The molecular formula is C55H64ClF2N3O10. The third-order valence-corrected chi connectivity index (χ3v) is 13.1. The predicted molar refractivity (Wildman–Crippen MR) is 266 cm³/mol. The van der Waals surface area contributed by atoms with Crippen LogP contribution in [0.2, 0.25) is 5.02 Å². The van der Waals surface area contributed by atoms with E-state index in [9.17, 15) is 47.4 Å². The van der Waals surface area contributed by atoms with Crippen molar-refractivity contribution < 1.29 is 57.3 Å². The van der Waals surface area contributed by atoms with Crippen LogP contribution in [0.1, 0.15) is 112 Å². The fraction of sp³-hybridized carbons (Fsp3) is 0.436. The van der Waals surface area contributed by atoms with Crippen LogP contribution in [0.25, 0.3) is 22.3 Å². The minimum absolute atomic E-state index is 0.0844. The number of halogens is 3. The maximum atomic E-state index is 15.0. The smallest absolute Gasteiger partial charge is 0.407 e. The number of rotatable bonds is 17.